The second-order valence-corrected chi connectivity index (χ2v) is 7.64. The third-order valence-electron chi connectivity index (χ3n) is 4.17. The van der Waals surface area contributed by atoms with Crippen molar-refractivity contribution in [2.24, 2.45) is 10.6 Å². The molecule has 1 aliphatic carbocycles. The van der Waals surface area contributed by atoms with Gasteiger partial charge in [-0.15, -0.1) is 0 Å². The van der Waals surface area contributed by atoms with Crippen molar-refractivity contribution in [3.8, 4) is 0 Å². The predicted octanol–water partition coefficient (Wildman–Crippen LogP) is 3.17. The zero-order valence-corrected chi connectivity index (χ0v) is 14.3. The molecular weight excluding hydrogens is 357 g/mol. The zero-order chi connectivity index (χ0) is 19.0. The van der Waals surface area contributed by atoms with Crippen LogP contribution in [0.5, 0.6) is 0 Å². The van der Waals surface area contributed by atoms with Crippen LogP contribution in [-0.2, 0) is 21.0 Å². The van der Waals surface area contributed by atoms with Gasteiger partial charge in [0.25, 0.3) is 0 Å². The van der Waals surface area contributed by atoms with Crippen LogP contribution in [0.2, 0.25) is 0 Å². The van der Waals surface area contributed by atoms with Gasteiger partial charge in [-0.05, 0) is 44.2 Å². The third kappa shape index (κ3) is 4.10. The Bertz CT molecular complexity index is 873. The molecule has 1 aromatic rings. The van der Waals surface area contributed by atoms with Crippen LogP contribution >= 0.6 is 0 Å². The van der Waals surface area contributed by atoms with Gasteiger partial charge in [0.05, 0.1) is 15.9 Å². The number of hydrogen-bond acceptors (Lipinski definition) is 4. The van der Waals surface area contributed by atoms with Gasteiger partial charge in [-0.2, -0.15) is 13.2 Å². The summed E-state index contributed by atoms with van der Waals surface area (Å²) in [6.07, 6.45) is -2.07. The fraction of sp³-hybridized carbons (Fsp3) is 0.312. The molecule has 25 heavy (non-hydrogen) atoms. The highest BCUT2D eigenvalue weighted by Crippen LogP contribution is 2.40. The maximum atomic E-state index is 12.8. The van der Waals surface area contributed by atoms with Gasteiger partial charge in [0.1, 0.15) is 5.78 Å². The molecule has 0 aliphatic heterocycles. The summed E-state index contributed by atoms with van der Waals surface area (Å²) in [7, 11) is -3.97. The number of Topliss-reactive ketones (excluding diaryl/α,β-unsaturated/α-hetero) is 1. The number of carbonyl (C=O) groups is 1. The van der Waals surface area contributed by atoms with E-state index in [1.807, 2.05) is 0 Å². The van der Waals surface area contributed by atoms with Crippen LogP contribution in [0, 0.1) is 5.41 Å². The molecule has 0 bridgehead atoms. The van der Waals surface area contributed by atoms with E-state index in [0.29, 0.717) is 5.70 Å². The molecule has 5 nitrogen and oxygen atoms in total. The summed E-state index contributed by atoms with van der Waals surface area (Å²) in [6.45, 7) is 2.80. The average molecular weight is 374 g/mol. The summed E-state index contributed by atoms with van der Waals surface area (Å²) in [5, 5.41) is 7.91. The van der Waals surface area contributed by atoms with Gasteiger partial charge in [0.15, 0.2) is 0 Å². The van der Waals surface area contributed by atoms with E-state index >= 15 is 0 Å². The fourth-order valence-electron chi connectivity index (χ4n) is 2.48. The van der Waals surface area contributed by atoms with Gasteiger partial charge in [-0.25, -0.2) is 13.6 Å². The predicted molar refractivity (Wildman–Crippen MR) is 87.7 cm³/mol. The number of allylic oxidation sites excluding steroid dienone is 4. The number of ketones is 1. The van der Waals surface area contributed by atoms with Crippen LogP contribution in [0.1, 0.15) is 25.8 Å². The number of sulfonamides is 1. The molecule has 1 unspecified atom stereocenters. The number of benzene rings is 1. The molecule has 0 fully saturated rings. The van der Waals surface area contributed by atoms with E-state index in [2.05, 4.69) is 5.32 Å². The number of nitrogens with one attached hydrogen (secondary N) is 1. The van der Waals surface area contributed by atoms with Crippen molar-refractivity contribution in [3.05, 3.63) is 52.6 Å². The lowest BCUT2D eigenvalue weighted by atomic mass is 9.77. The number of alkyl halides is 3. The van der Waals surface area contributed by atoms with Crippen LogP contribution in [0.25, 0.3) is 0 Å². The fourth-order valence-corrected chi connectivity index (χ4v) is 3.23. The van der Waals surface area contributed by atoms with Gasteiger partial charge in [0.2, 0.25) is 10.0 Å². The molecule has 0 saturated heterocycles. The molecule has 2 rings (SSSR count). The smallest absolute Gasteiger partial charge is 0.358 e. The lowest BCUT2D eigenvalue weighted by Gasteiger charge is -2.33. The van der Waals surface area contributed by atoms with Crippen molar-refractivity contribution in [2.45, 2.75) is 26.4 Å². The van der Waals surface area contributed by atoms with Crippen LogP contribution in [0.3, 0.4) is 0 Å². The Kier molecular flexibility index (Phi) is 4.84. The van der Waals surface area contributed by atoms with Gasteiger partial charge >= 0.3 is 6.18 Å². The average Bonchev–Trinajstić information content (AvgIpc) is 2.47. The monoisotopic (exact) mass is 374 g/mol. The number of halogens is 3. The number of nitrogens with two attached hydrogens (primary N) is 1. The first-order valence-electron chi connectivity index (χ1n) is 7.23. The highest BCUT2D eigenvalue weighted by atomic mass is 32.2. The SMILES string of the molecule is CC(=O)C1(C)CC(S(N)(=O)=O)=CC=C1Nc1cccc(C(F)(F)F)c1. The normalized spacial score (nSPS) is 21.4. The minimum absolute atomic E-state index is 0.111. The quantitative estimate of drug-likeness (QED) is 0.847. The first kappa shape index (κ1) is 19.2. The molecule has 0 saturated carbocycles. The first-order valence-corrected chi connectivity index (χ1v) is 8.78. The van der Waals surface area contributed by atoms with Crippen molar-refractivity contribution in [3.63, 3.8) is 0 Å². The highest BCUT2D eigenvalue weighted by molar-refractivity contribution is 7.93. The second kappa shape index (κ2) is 6.30. The van der Waals surface area contributed by atoms with E-state index in [1.165, 1.54) is 38.1 Å². The van der Waals surface area contributed by atoms with Crippen LogP contribution in [0.15, 0.2) is 47.0 Å². The van der Waals surface area contributed by atoms with Crippen molar-refractivity contribution in [2.75, 3.05) is 5.32 Å². The molecule has 9 heteroatoms. The lowest BCUT2D eigenvalue weighted by Crippen LogP contribution is -2.35. The van der Waals surface area contributed by atoms with E-state index in [0.717, 1.165) is 12.1 Å². The van der Waals surface area contributed by atoms with Crippen LogP contribution in [-0.4, -0.2) is 14.2 Å². The number of anilines is 1. The van der Waals surface area contributed by atoms with E-state index in [4.69, 9.17) is 5.14 Å². The Morgan fingerprint density at radius 3 is 2.44 bits per heavy atom. The molecular formula is C16H17F3N2O3S. The van der Waals surface area contributed by atoms with Crippen LogP contribution < -0.4 is 10.5 Å². The second-order valence-electron chi connectivity index (χ2n) is 6.03. The van der Waals surface area contributed by atoms with Gasteiger partial charge in [-0.3, -0.25) is 4.79 Å². The molecule has 136 valence electrons. The van der Waals surface area contributed by atoms with E-state index < -0.39 is 27.2 Å². The third-order valence-corrected chi connectivity index (χ3v) is 5.18. The maximum absolute atomic E-state index is 12.8. The van der Waals surface area contributed by atoms with Crippen molar-refractivity contribution < 1.29 is 26.4 Å². The largest absolute Gasteiger partial charge is 0.416 e. The van der Waals surface area contributed by atoms with Crippen molar-refractivity contribution in [1.82, 2.24) is 0 Å². The number of carbonyl (C=O) groups excluding carboxylic acids is 1. The molecule has 1 atom stereocenters. The lowest BCUT2D eigenvalue weighted by molar-refractivity contribution is -0.137. The Hall–Kier alpha value is -2.13. The number of primary sulfonamides is 1. The first-order chi connectivity index (χ1) is 11.3. The molecule has 0 amide bonds. The van der Waals surface area contributed by atoms with Gasteiger partial charge in [0, 0.05) is 17.8 Å². The standard InChI is InChI=1S/C16H17F3N2O3S/c1-10(22)15(2)9-13(25(20,23)24)6-7-14(15)21-12-5-3-4-11(8-12)16(17,18)19/h3-8,21H,9H2,1-2H3,(H2,20,23,24). The summed E-state index contributed by atoms with van der Waals surface area (Å²) in [5.74, 6) is -0.340. The molecule has 0 radical (unpaired) electrons. The summed E-state index contributed by atoms with van der Waals surface area (Å²) < 4.78 is 61.5. The molecule has 0 spiro atoms. The Morgan fingerprint density at radius 2 is 1.92 bits per heavy atom. The van der Waals surface area contributed by atoms with Crippen molar-refractivity contribution >= 4 is 21.5 Å². The van der Waals surface area contributed by atoms with Crippen molar-refractivity contribution in [1.29, 1.82) is 0 Å². The molecule has 1 aliphatic rings. The number of rotatable bonds is 4. The highest BCUT2D eigenvalue weighted by Gasteiger charge is 2.39. The summed E-state index contributed by atoms with van der Waals surface area (Å²) in [5.41, 5.74) is -1.64. The van der Waals surface area contributed by atoms with Crippen LogP contribution in [0.4, 0.5) is 18.9 Å². The Morgan fingerprint density at radius 1 is 1.28 bits per heavy atom. The topological polar surface area (TPSA) is 89.3 Å². The minimum Gasteiger partial charge on any atom is -0.358 e. The van der Waals surface area contributed by atoms with E-state index in [-0.39, 0.29) is 22.8 Å². The number of hydrogen-bond donors (Lipinski definition) is 2. The molecule has 0 heterocycles. The summed E-state index contributed by atoms with van der Waals surface area (Å²) in [6, 6.07) is 4.52. The zero-order valence-electron chi connectivity index (χ0n) is 13.5. The van der Waals surface area contributed by atoms with Gasteiger partial charge in [-0.1, -0.05) is 6.07 Å². The summed E-state index contributed by atoms with van der Waals surface area (Å²) in [4.78, 5) is 12.0. The maximum Gasteiger partial charge on any atom is 0.416 e. The Labute approximate surface area is 143 Å². The summed E-state index contributed by atoms with van der Waals surface area (Å²) >= 11 is 0. The van der Waals surface area contributed by atoms with E-state index in [1.54, 1.807) is 0 Å². The molecule has 0 aromatic heterocycles. The Balaban J connectivity index is 2.44. The molecule has 1 aromatic carbocycles. The van der Waals surface area contributed by atoms with Gasteiger partial charge < -0.3 is 5.32 Å². The molecule has 3 N–H and O–H groups in total. The van der Waals surface area contributed by atoms with E-state index in [9.17, 15) is 26.4 Å². The minimum atomic E-state index is -4.50.